The highest BCUT2D eigenvalue weighted by Gasteiger charge is 2.68. The van der Waals surface area contributed by atoms with Crippen molar-refractivity contribution in [2.24, 2.45) is 29.1 Å². The lowest BCUT2D eigenvalue weighted by molar-refractivity contribution is -0.384. The molecule has 3 fully saturated rings. The lowest BCUT2D eigenvalue weighted by atomic mass is 9.51. The number of carbonyl (C=O) groups excluding carboxylic acids is 4. The van der Waals surface area contributed by atoms with Gasteiger partial charge in [0.15, 0.2) is 11.5 Å². The third kappa shape index (κ3) is 4.38. The van der Waals surface area contributed by atoms with Crippen molar-refractivity contribution in [1.82, 2.24) is 0 Å². The predicted molar refractivity (Wildman–Crippen MR) is 171 cm³/mol. The molecule has 0 unspecified atom stereocenters. The van der Waals surface area contributed by atoms with Crippen molar-refractivity contribution >= 4 is 52.3 Å². The summed E-state index contributed by atoms with van der Waals surface area (Å²) in [5, 5.41) is 22.7. The molecule has 2 saturated heterocycles. The Morgan fingerprint density at radius 2 is 1.73 bits per heavy atom. The van der Waals surface area contributed by atoms with Crippen molar-refractivity contribution in [2.75, 3.05) is 16.4 Å². The van der Waals surface area contributed by atoms with E-state index in [1.165, 1.54) is 36.4 Å². The minimum absolute atomic E-state index is 0.0315. The van der Waals surface area contributed by atoms with Crippen LogP contribution in [-0.2, 0) is 19.2 Å². The molecule has 1 N–H and O–H groups in total. The van der Waals surface area contributed by atoms with Crippen LogP contribution in [-0.4, -0.2) is 40.3 Å². The molecule has 4 aliphatic rings. The molecule has 0 bridgehead atoms. The fourth-order valence-corrected chi connectivity index (χ4v) is 8.45. The van der Waals surface area contributed by atoms with Crippen LogP contribution in [0.5, 0.6) is 11.5 Å². The zero-order valence-electron chi connectivity index (χ0n) is 25.8. The Morgan fingerprint density at radius 1 is 1.00 bits per heavy atom. The number of anilines is 2. The number of carbonyl (C=O) groups is 4. The van der Waals surface area contributed by atoms with Crippen molar-refractivity contribution in [3.8, 4) is 11.5 Å². The zero-order valence-corrected chi connectivity index (χ0v) is 26.5. The third-order valence-corrected chi connectivity index (χ3v) is 10.7. The van der Waals surface area contributed by atoms with Gasteiger partial charge in [-0.05, 0) is 62.9 Å². The number of halogens is 2. The van der Waals surface area contributed by atoms with Gasteiger partial charge < -0.3 is 9.84 Å². The van der Waals surface area contributed by atoms with Crippen molar-refractivity contribution < 1.29 is 38.3 Å². The number of imide groups is 2. The lowest BCUT2D eigenvalue weighted by Crippen LogP contribution is -2.48. The van der Waals surface area contributed by atoms with E-state index in [4.69, 9.17) is 16.3 Å². The summed E-state index contributed by atoms with van der Waals surface area (Å²) in [5.74, 6) is -7.37. The van der Waals surface area contributed by atoms with E-state index in [2.05, 4.69) is 0 Å². The Bertz CT molecular complexity index is 1980. The van der Waals surface area contributed by atoms with Crippen molar-refractivity contribution in [1.29, 1.82) is 0 Å². The smallest absolute Gasteiger partial charge is 0.271 e. The topological polar surface area (TPSA) is 147 Å². The maximum atomic E-state index is 14.6. The number of phenols is 1. The van der Waals surface area contributed by atoms with Crippen LogP contribution in [0.3, 0.4) is 0 Å². The van der Waals surface area contributed by atoms with Crippen molar-refractivity contribution in [3.05, 3.63) is 98.8 Å². The number of hydrogen-bond donors (Lipinski definition) is 1. The number of rotatable bonds is 6. The molecule has 2 aliphatic heterocycles. The Balaban J connectivity index is 1.38. The fourth-order valence-electron chi connectivity index (χ4n) is 8.27. The quantitative estimate of drug-likeness (QED) is 0.147. The summed E-state index contributed by atoms with van der Waals surface area (Å²) in [5.41, 5.74) is -0.661. The van der Waals surface area contributed by atoms with E-state index in [1.54, 1.807) is 32.0 Å². The highest BCUT2D eigenvalue weighted by Crippen LogP contribution is 2.65. The molecule has 0 spiro atoms. The molecule has 7 rings (SSSR count). The molecule has 3 aromatic rings. The second-order valence-electron chi connectivity index (χ2n) is 12.7. The molecule has 11 nitrogen and oxygen atoms in total. The number of nitrogens with zero attached hydrogens (tertiary/aromatic N) is 3. The van der Waals surface area contributed by atoms with Gasteiger partial charge in [-0.1, -0.05) is 41.4 Å². The average Bonchev–Trinajstić information content (AvgIpc) is 3.43. The molecule has 0 aromatic heterocycles. The van der Waals surface area contributed by atoms with E-state index in [0.29, 0.717) is 11.1 Å². The van der Waals surface area contributed by atoms with Crippen LogP contribution in [0.25, 0.3) is 0 Å². The van der Waals surface area contributed by atoms with Crippen LogP contribution in [0.1, 0.15) is 38.2 Å². The van der Waals surface area contributed by atoms with Crippen LogP contribution in [0.4, 0.5) is 21.5 Å². The predicted octanol–water partition coefficient (Wildman–Crippen LogP) is 5.93. The van der Waals surface area contributed by atoms with Gasteiger partial charge >= 0.3 is 0 Å². The maximum absolute atomic E-state index is 14.6. The number of fused-ring (bicyclic) bond motifs is 4. The van der Waals surface area contributed by atoms with E-state index in [-0.39, 0.29) is 53.0 Å². The Kier molecular flexibility index (Phi) is 7.39. The van der Waals surface area contributed by atoms with E-state index in [0.717, 1.165) is 15.9 Å². The van der Waals surface area contributed by atoms with Gasteiger partial charge in [-0.15, -0.1) is 0 Å². The minimum Gasteiger partial charge on any atom is -0.504 e. The van der Waals surface area contributed by atoms with Crippen LogP contribution in [0.15, 0.2) is 72.3 Å². The first-order chi connectivity index (χ1) is 22.9. The number of phenolic OH excluding ortho intramolecular Hbond substituents is 1. The number of ether oxygens (including phenoxy) is 1. The number of hydrogen-bond acceptors (Lipinski definition) is 8. The monoisotopic (exact) mass is 673 g/mol. The van der Waals surface area contributed by atoms with Gasteiger partial charge in [-0.3, -0.25) is 29.3 Å². The molecular weight excluding hydrogens is 645 g/mol. The van der Waals surface area contributed by atoms with Gasteiger partial charge in [-0.25, -0.2) is 14.2 Å². The summed E-state index contributed by atoms with van der Waals surface area (Å²) in [6, 6.07) is 13.7. The van der Waals surface area contributed by atoms with E-state index in [9.17, 15) is 38.8 Å². The summed E-state index contributed by atoms with van der Waals surface area (Å²) < 4.78 is 19.8. The van der Waals surface area contributed by atoms with Gasteiger partial charge in [0.25, 0.3) is 5.69 Å². The molecule has 6 atom stereocenters. The SMILES string of the molecule is CCOc1cccc([C@H]2C3=CC[C@@H]4C(=O)N(c5cccc([N+](=O)[O-])c5)C(=O)[C@@H]4[C@@H]3C[C@H]3C(=O)N(c4ccc(F)c(Cl)c4)C(=O)[C@@]23C)c1O. The first-order valence-electron chi connectivity index (χ1n) is 15.5. The van der Waals surface area contributed by atoms with Gasteiger partial charge in [-0.2, -0.15) is 0 Å². The van der Waals surface area contributed by atoms with E-state index >= 15 is 0 Å². The summed E-state index contributed by atoms with van der Waals surface area (Å²) in [6.45, 7) is 3.66. The average molecular weight is 674 g/mol. The van der Waals surface area contributed by atoms with Crippen molar-refractivity contribution in [3.63, 3.8) is 0 Å². The maximum Gasteiger partial charge on any atom is 0.271 e. The molecule has 1 saturated carbocycles. The molecular formula is C35H29ClFN3O8. The van der Waals surface area contributed by atoms with Crippen LogP contribution < -0.4 is 14.5 Å². The standard InChI is InChI=1S/C35H29ClFN3O8/c1-3-48-27-9-5-8-22(30(27)41)29-20-11-12-21-28(33(44)38(31(21)42)17-6-4-7-19(14-17)40(46)47)23(20)16-24-32(43)39(34(45)35(24,29)2)18-10-13-26(37)25(36)15-18/h4-11,13-15,21,23-24,28-29,41H,3,12,16H2,1-2H3/t21-,23+,24-,28-,29+,35+/m0/s1. The molecule has 4 amide bonds. The summed E-state index contributed by atoms with van der Waals surface area (Å²) in [4.78, 5) is 69.8. The number of benzene rings is 3. The summed E-state index contributed by atoms with van der Waals surface area (Å²) in [6.07, 6.45) is 1.99. The Hall–Kier alpha value is -5.10. The largest absolute Gasteiger partial charge is 0.504 e. The number of para-hydroxylation sites is 1. The number of allylic oxidation sites excluding steroid dienone is 2. The normalized spacial score (nSPS) is 27.8. The van der Waals surface area contributed by atoms with Crippen LogP contribution in [0, 0.1) is 45.0 Å². The molecule has 246 valence electrons. The minimum atomic E-state index is -1.47. The third-order valence-electron chi connectivity index (χ3n) is 10.4. The fraction of sp³-hybridized carbons (Fsp3) is 0.314. The van der Waals surface area contributed by atoms with Crippen LogP contribution >= 0.6 is 11.6 Å². The number of amides is 4. The van der Waals surface area contributed by atoms with Gasteiger partial charge in [0, 0.05) is 23.6 Å². The van der Waals surface area contributed by atoms with Crippen LogP contribution in [0.2, 0.25) is 5.02 Å². The second-order valence-corrected chi connectivity index (χ2v) is 13.1. The lowest BCUT2D eigenvalue weighted by Gasteiger charge is -2.49. The highest BCUT2D eigenvalue weighted by molar-refractivity contribution is 6.32. The number of nitro benzene ring substituents is 1. The van der Waals surface area contributed by atoms with Gasteiger partial charge in [0.1, 0.15) is 5.82 Å². The molecule has 48 heavy (non-hydrogen) atoms. The zero-order chi connectivity index (χ0) is 34.2. The summed E-state index contributed by atoms with van der Waals surface area (Å²) in [7, 11) is 0. The van der Waals surface area contributed by atoms with E-state index < -0.39 is 69.4 Å². The Morgan fingerprint density at radius 3 is 2.44 bits per heavy atom. The Labute approximate surface area is 278 Å². The molecule has 2 aliphatic carbocycles. The summed E-state index contributed by atoms with van der Waals surface area (Å²) >= 11 is 6.06. The number of aromatic hydroxyl groups is 1. The highest BCUT2D eigenvalue weighted by atomic mass is 35.5. The molecule has 13 heteroatoms. The second kappa shape index (κ2) is 11.3. The first-order valence-corrected chi connectivity index (χ1v) is 15.9. The van der Waals surface area contributed by atoms with E-state index in [1.807, 2.05) is 6.08 Å². The number of non-ortho nitro benzene ring substituents is 1. The van der Waals surface area contributed by atoms with Gasteiger partial charge in [0.2, 0.25) is 23.6 Å². The van der Waals surface area contributed by atoms with Gasteiger partial charge in [0.05, 0.1) is 51.1 Å². The molecule has 3 aromatic carbocycles. The molecule has 2 heterocycles. The number of nitro groups is 1. The molecule has 0 radical (unpaired) electrons. The van der Waals surface area contributed by atoms with Crippen molar-refractivity contribution in [2.45, 2.75) is 32.6 Å². The first kappa shape index (κ1) is 31.5.